The van der Waals surface area contributed by atoms with Crippen LogP contribution in [0.4, 0.5) is 0 Å². The van der Waals surface area contributed by atoms with Crippen LogP contribution in [0.3, 0.4) is 0 Å². The van der Waals surface area contributed by atoms with E-state index >= 15 is 0 Å². The number of phenolic OH excluding ortho intramolecular Hbond substituents is 1. The van der Waals surface area contributed by atoms with Crippen molar-refractivity contribution in [2.24, 2.45) is 0 Å². The molecule has 2 N–H and O–H groups in total. The molecule has 0 amide bonds. The van der Waals surface area contributed by atoms with E-state index in [0.29, 0.717) is 25.4 Å². The highest BCUT2D eigenvalue weighted by Gasteiger charge is 2.14. The molecule has 1 aromatic rings. The highest BCUT2D eigenvalue weighted by molar-refractivity contribution is 5.42. The lowest BCUT2D eigenvalue weighted by molar-refractivity contribution is 0.134. The maximum Gasteiger partial charge on any atom is 0.119 e. The summed E-state index contributed by atoms with van der Waals surface area (Å²) in [6.45, 7) is 1.40. The number of benzene rings is 1. The molecule has 0 aliphatic carbocycles. The Morgan fingerprint density at radius 1 is 1.21 bits per heavy atom. The summed E-state index contributed by atoms with van der Waals surface area (Å²) in [5, 5.41) is 18.4. The quantitative estimate of drug-likeness (QED) is 0.763. The summed E-state index contributed by atoms with van der Waals surface area (Å²) in [5.41, 5.74) is 3.15. The fraction of sp³-hybridized carbons (Fsp3) is 0.455. The molecule has 3 heteroatoms. The van der Waals surface area contributed by atoms with Gasteiger partial charge in [-0.25, -0.2) is 0 Å². The Morgan fingerprint density at radius 2 is 1.93 bits per heavy atom. The number of fused-ring (bicyclic) bond motifs is 1. The standard InChI is InChI=1S/C11H14O3/c12-3-1-2-8-4-9-6-14-7-10(9)5-11(8)13/h4-5,12-13H,1-3,6-7H2. The fourth-order valence-corrected chi connectivity index (χ4v) is 1.74. The predicted octanol–water partition coefficient (Wildman–Crippen LogP) is 1.35. The Hall–Kier alpha value is -1.06. The van der Waals surface area contributed by atoms with Crippen molar-refractivity contribution >= 4 is 0 Å². The smallest absolute Gasteiger partial charge is 0.119 e. The van der Waals surface area contributed by atoms with Crippen LogP contribution in [0.1, 0.15) is 23.1 Å². The maximum absolute atomic E-state index is 9.66. The first kappa shape index (κ1) is 9.49. The van der Waals surface area contributed by atoms with Crippen LogP contribution in [0.15, 0.2) is 12.1 Å². The highest BCUT2D eigenvalue weighted by Crippen LogP contribution is 2.28. The van der Waals surface area contributed by atoms with E-state index in [9.17, 15) is 5.11 Å². The van der Waals surface area contributed by atoms with E-state index in [1.54, 1.807) is 6.07 Å². The molecule has 1 heterocycles. The summed E-state index contributed by atoms with van der Waals surface area (Å²) in [5.74, 6) is 0.322. The number of hydrogen-bond donors (Lipinski definition) is 2. The molecule has 1 aliphatic rings. The summed E-state index contributed by atoms with van der Waals surface area (Å²) in [6.07, 6.45) is 1.41. The fourth-order valence-electron chi connectivity index (χ4n) is 1.74. The number of aryl methyl sites for hydroxylation is 1. The van der Waals surface area contributed by atoms with Gasteiger partial charge in [-0.15, -0.1) is 0 Å². The molecule has 14 heavy (non-hydrogen) atoms. The molecule has 0 spiro atoms. The van der Waals surface area contributed by atoms with Gasteiger partial charge in [-0.2, -0.15) is 0 Å². The van der Waals surface area contributed by atoms with Crippen molar-refractivity contribution in [3.8, 4) is 5.75 Å². The Labute approximate surface area is 83.0 Å². The largest absolute Gasteiger partial charge is 0.508 e. The van der Waals surface area contributed by atoms with Gasteiger partial charge in [-0.05, 0) is 41.7 Å². The third-order valence-corrected chi connectivity index (χ3v) is 2.52. The molecule has 0 atom stereocenters. The van der Waals surface area contributed by atoms with E-state index < -0.39 is 0 Å². The van der Waals surface area contributed by atoms with Crippen molar-refractivity contribution in [3.63, 3.8) is 0 Å². The third-order valence-electron chi connectivity index (χ3n) is 2.52. The lowest BCUT2D eigenvalue weighted by atomic mass is 10.0. The van der Waals surface area contributed by atoms with Crippen molar-refractivity contribution in [2.45, 2.75) is 26.1 Å². The first-order valence-electron chi connectivity index (χ1n) is 4.83. The average molecular weight is 194 g/mol. The van der Waals surface area contributed by atoms with E-state index in [2.05, 4.69) is 0 Å². The zero-order chi connectivity index (χ0) is 9.97. The molecule has 0 radical (unpaired) electrons. The van der Waals surface area contributed by atoms with Crippen molar-refractivity contribution < 1.29 is 14.9 Å². The van der Waals surface area contributed by atoms with Crippen LogP contribution in [0.5, 0.6) is 5.75 Å². The third kappa shape index (κ3) is 1.74. The SMILES string of the molecule is OCCCc1cc2c(cc1O)COC2. The van der Waals surface area contributed by atoms with Crippen LogP contribution in [-0.4, -0.2) is 16.8 Å². The molecule has 0 saturated carbocycles. The van der Waals surface area contributed by atoms with Crippen molar-refractivity contribution in [1.82, 2.24) is 0 Å². The summed E-state index contributed by atoms with van der Waals surface area (Å²) in [4.78, 5) is 0. The minimum atomic E-state index is 0.160. The van der Waals surface area contributed by atoms with Gasteiger partial charge in [0.15, 0.2) is 0 Å². The zero-order valence-electron chi connectivity index (χ0n) is 7.99. The molecule has 3 nitrogen and oxygen atoms in total. The molecule has 0 saturated heterocycles. The van der Waals surface area contributed by atoms with E-state index in [-0.39, 0.29) is 6.61 Å². The Morgan fingerprint density at radius 3 is 2.64 bits per heavy atom. The van der Waals surface area contributed by atoms with Gasteiger partial charge in [0.05, 0.1) is 13.2 Å². The zero-order valence-corrected chi connectivity index (χ0v) is 7.99. The number of aromatic hydroxyl groups is 1. The number of phenols is 1. The first-order valence-corrected chi connectivity index (χ1v) is 4.83. The monoisotopic (exact) mass is 194 g/mol. The van der Waals surface area contributed by atoms with E-state index in [1.165, 1.54) is 0 Å². The number of hydrogen-bond acceptors (Lipinski definition) is 3. The number of rotatable bonds is 3. The van der Waals surface area contributed by atoms with Gasteiger partial charge in [0, 0.05) is 6.61 Å². The molecule has 1 aliphatic heterocycles. The molecule has 0 unspecified atom stereocenters. The summed E-state index contributed by atoms with van der Waals surface area (Å²) in [7, 11) is 0. The Balaban J connectivity index is 2.23. The molecule has 0 aromatic heterocycles. The highest BCUT2D eigenvalue weighted by atomic mass is 16.5. The lowest BCUT2D eigenvalue weighted by Crippen LogP contribution is -1.93. The minimum absolute atomic E-state index is 0.160. The molecular weight excluding hydrogens is 180 g/mol. The number of aliphatic hydroxyl groups is 1. The van der Waals surface area contributed by atoms with Gasteiger partial charge in [0.25, 0.3) is 0 Å². The van der Waals surface area contributed by atoms with Crippen LogP contribution in [0, 0.1) is 0 Å². The topological polar surface area (TPSA) is 49.7 Å². The van der Waals surface area contributed by atoms with E-state index in [1.807, 2.05) is 6.07 Å². The Kier molecular flexibility index (Phi) is 2.70. The van der Waals surface area contributed by atoms with Gasteiger partial charge in [0.1, 0.15) is 5.75 Å². The average Bonchev–Trinajstić information content (AvgIpc) is 2.61. The normalized spacial score (nSPS) is 14.4. The van der Waals surface area contributed by atoms with Crippen LogP contribution >= 0.6 is 0 Å². The molecule has 2 rings (SSSR count). The van der Waals surface area contributed by atoms with Gasteiger partial charge in [-0.3, -0.25) is 0 Å². The summed E-state index contributed by atoms with van der Waals surface area (Å²) in [6, 6.07) is 3.75. The van der Waals surface area contributed by atoms with Crippen LogP contribution in [0.25, 0.3) is 0 Å². The molecule has 1 aromatic carbocycles. The predicted molar refractivity (Wildman–Crippen MR) is 52.0 cm³/mol. The van der Waals surface area contributed by atoms with E-state index in [4.69, 9.17) is 9.84 Å². The second-order valence-corrected chi connectivity index (χ2v) is 3.57. The molecule has 76 valence electrons. The molecule has 0 fully saturated rings. The second-order valence-electron chi connectivity index (χ2n) is 3.57. The van der Waals surface area contributed by atoms with Crippen LogP contribution < -0.4 is 0 Å². The minimum Gasteiger partial charge on any atom is -0.508 e. The lowest BCUT2D eigenvalue weighted by Gasteiger charge is -2.06. The summed E-state index contributed by atoms with van der Waals surface area (Å²) < 4.78 is 5.27. The van der Waals surface area contributed by atoms with Gasteiger partial charge < -0.3 is 14.9 Å². The van der Waals surface area contributed by atoms with Gasteiger partial charge in [-0.1, -0.05) is 0 Å². The second kappa shape index (κ2) is 3.98. The number of ether oxygens (including phenoxy) is 1. The summed E-state index contributed by atoms with van der Waals surface area (Å²) >= 11 is 0. The van der Waals surface area contributed by atoms with Crippen LogP contribution in [0.2, 0.25) is 0 Å². The van der Waals surface area contributed by atoms with Gasteiger partial charge >= 0.3 is 0 Å². The molecule has 0 bridgehead atoms. The van der Waals surface area contributed by atoms with Crippen molar-refractivity contribution in [2.75, 3.05) is 6.61 Å². The van der Waals surface area contributed by atoms with Crippen LogP contribution in [-0.2, 0) is 24.4 Å². The maximum atomic E-state index is 9.66. The van der Waals surface area contributed by atoms with Crippen molar-refractivity contribution in [1.29, 1.82) is 0 Å². The Bertz CT molecular complexity index is 334. The first-order chi connectivity index (χ1) is 6.81. The van der Waals surface area contributed by atoms with Crippen molar-refractivity contribution in [3.05, 3.63) is 28.8 Å². The van der Waals surface area contributed by atoms with E-state index in [0.717, 1.165) is 23.1 Å². The molecular formula is C11H14O3. The number of aliphatic hydroxyl groups excluding tert-OH is 1. The van der Waals surface area contributed by atoms with Gasteiger partial charge in [0.2, 0.25) is 0 Å².